The van der Waals surface area contributed by atoms with Crippen LogP contribution in [-0.4, -0.2) is 47.2 Å². The second-order valence-corrected chi connectivity index (χ2v) is 5.12. The Labute approximate surface area is 171 Å². The van der Waals surface area contributed by atoms with Gasteiger partial charge in [-0.05, 0) is 68.3 Å². The van der Waals surface area contributed by atoms with Crippen molar-refractivity contribution in [2.75, 3.05) is 19.5 Å². The summed E-state index contributed by atoms with van der Waals surface area (Å²) in [6.07, 6.45) is -19.9. The largest absolute Gasteiger partial charge is 0.333 e. The summed E-state index contributed by atoms with van der Waals surface area (Å²) in [5.41, 5.74) is -4.27. The number of nitrogens with zero attached hydrogens (tertiary/aromatic N) is 2. The molecular weight excluding hydrogens is 284 g/mol. The number of carbonyl (C=O) groups excluding carboxylic acids is 1. The maximum atomic E-state index is 14.5. The van der Waals surface area contributed by atoms with E-state index in [1.54, 1.807) is 0 Å². The highest BCUT2D eigenvalue weighted by Crippen LogP contribution is 2.42. The van der Waals surface area contributed by atoms with Gasteiger partial charge in [0.15, 0.2) is 0 Å². The highest BCUT2D eigenvalue weighted by molar-refractivity contribution is 5.98. The van der Waals surface area contributed by atoms with Crippen LogP contribution in [0.3, 0.4) is 0 Å². The molecule has 5 aliphatic rings. The molecule has 0 aromatic heterocycles. The third-order valence-electron chi connectivity index (χ3n) is 3.75. The Bertz CT molecular complexity index is 1590. The Morgan fingerprint density at radius 1 is 1.35 bits per heavy atom. The minimum Gasteiger partial charge on any atom is -0.333 e. The number of amides is 1. The van der Waals surface area contributed by atoms with Gasteiger partial charge in [-0.15, -0.1) is 0 Å². The van der Waals surface area contributed by atoms with Gasteiger partial charge in [-0.25, -0.2) is 0 Å². The lowest BCUT2D eigenvalue weighted by Crippen LogP contribution is -2.62. The van der Waals surface area contributed by atoms with Gasteiger partial charge in [0.05, 0.1) is 8.22 Å². The van der Waals surface area contributed by atoms with Gasteiger partial charge < -0.3 is 4.90 Å². The lowest BCUT2D eigenvalue weighted by molar-refractivity contribution is -0.0217. The van der Waals surface area contributed by atoms with Crippen LogP contribution >= 0.6 is 0 Å². The van der Waals surface area contributed by atoms with Gasteiger partial charge in [0.25, 0.3) is 5.91 Å². The first-order valence-electron chi connectivity index (χ1n) is 18.3. The standard InChI is InChI=1S/C20H26N2O/c1-13-10-15-8-9-21(13)12-18(15)22-11-16-6-2-4-14-5-3-7-17(19(14)16)20(22)23/h3,5,7,13,15-16,18H,2,4,6,8-12H2,1H3/t13?,15-,16-,18-/m1/s1/i2D2,3D,4D2,5D,6D2,7D,8D2,9D2,10D2,11D2,12D2,13D,15D,16D,18D. The van der Waals surface area contributed by atoms with Crippen molar-refractivity contribution in [1.82, 2.24) is 9.80 Å². The van der Waals surface area contributed by atoms with Crippen molar-refractivity contribution in [3.8, 4) is 0 Å². The number of benzene rings is 1. The predicted octanol–water partition coefficient (Wildman–Crippen LogP) is 3.05. The SMILES string of the molecule is [2H]c1c([2H])c2c3c(c1[2H])C([2H])([2H])C([2H])([2H])C([2H])([2H])[C@]3([2H])C([2H])([2H])N([C@]1([2H])C([2H])([2H])N3C([2H])([2H])C([2H])([2H])[C@]1([2H])C([2H])([2H])C3([2H])C)C2=O. The van der Waals surface area contributed by atoms with Crippen molar-refractivity contribution in [1.29, 1.82) is 0 Å². The number of fused-ring (bicyclic) bond motifs is 3. The molecule has 1 aromatic carbocycles. The van der Waals surface area contributed by atoms with Crippen molar-refractivity contribution in [2.24, 2.45) is 5.89 Å². The number of piperidine rings is 3. The minimum atomic E-state index is -4.46. The molecule has 3 nitrogen and oxygen atoms in total. The lowest BCUT2D eigenvalue weighted by Gasteiger charge is -2.53. The molecule has 1 aliphatic carbocycles. The molecule has 2 unspecified atom stereocenters. The fraction of sp³-hybridized carbons (Fsp3) is 0.650. The van der Waals surface area contributed by atoms with E-state index < -0.39 is 126 Å². The van der Waals surface area contributed by atoms with E-state index in [1.807, 2.05) is 0 Å². The summed E-state index contributed by atoms with van der Waals surface area (Å²) in [5.74, 6) is -10.7. The fourth-order valence-electron chi connectivity index (χ4n) is 2.66. The van der Waals surface area contributed by atoms with Crippen molar-refractivity contribution >= 4 is 5.91 Å². The molecule has 5 atom stereocenters. The van der Waals surface area contributed by atoms with Crippen LogP contribution in [0.1, 0.15) is 91.3 Å². The third-order valence-corrected chi connectivity index (χ3v) is 3.75. The maximum absolute atomic E-state index is 14.5. The normalized spacial score (nSPS) is 83.5. The molecular formula is C20H26N2O. The van der Waals surface area contributed by atoms with E-state index >= 15 is 0 Å². The molecule has 1 aromatic rings. The van der Waals surface area contributed by atoms with E-state index in [0.29, 0.717) is 6.92 Å². The summed E-state index contributed by atoms with van der Waals surface area (Å²) in [6, 6.07) is -11.8. The van der Waals surface area contributed by atoms with Crippen molar-refractivity contribution in [3.63, 3.8) is 0 Å². The molecule has 3 heteroatoms. The van der Waals surface area contributed by atoms with Crippen LogP contribution in [0.15, 0.2) is 18.1 Å². The zero-order chi connectivity index (χ0) is 36.2. The first-order valence-corrected chi connectivity index (χ1v) is 6.80. The number of hydrogen-bond acceptors (Lipinski definition) is 2. The second-order valence-electron chi connectivity index (χ2n) is 5.12. The zero-order valence-corrected chi connectivity index (χ0v) is 11.8. The number of carbonyl (C=O) groups is 1. The first-order chi connectivity index (χ1) is 20.0. The van der Waals surface area contributed by atoms with Crippen molar-refractivity contribution in [3.05, 3.63) is 34.8 Å². The maximum Gasteiger partial charge on any atom is 0.254 e. The molecule has 4 heterocycles. The Balaban J connectivity index is 2.06. The molecule has 3 saturated heterocycles. The molecule has 4 aliphatic heterocycles. The monoisotopic (exact) mass is 333 g/mol. The summed E-state index contributed by atoms with van der Waals surface area (Å²) in [7, 11) is 0. The first kappa shape index (κ1) is 3.90. The smallest absolute Gasteiger partial charge is 0.254 e. The average molecular weight is 334 g/mol. The van der Waals surface area contributed by atoms with E-state index in [0.717, 1.165) is 0 Å². The highest BCUT2D eigenvalue weighted by Gasteiger charge is 2.45. The number of hydrogen-bond donors (Lipinski definition) is 0. The fourth-order valence-corrected chi connectivity index (χ4v) is 2.66. The van der Waals surface area contributed by atoms with E-state index in [2.05, 4.69) is 0 Å². The molecule has 0 saturated carbocycles. The Hall–Kier alpha value is -1.35. The van der Waals surface area contributed by atoms with Gasteiger partial charge in [0.1, 0.15) is 0 Å². The van der Waals surface area contributed by atoms with Crippen LogP contribution in [0.25, 0.3) is 0 Å². The van der Waals surface area contributed by atoms with E-state index in [9.17, 15) is 8.91 Å². The van der Waals surface area contributed by atoms with Crippen LogP contribution in [-0.2, 0) is 6.37 Å². The van der Waals surface area contributed by atoms with Gasteiger partial charge in [-0.3, -0.25) is 9.69 Å². The number of rotatable bonds is 1. The van der Waals surface area contributed by atoms with E-state index in [-0.39, 0.29) is 0 Å². The van der Waals surface area contributed by atoms with E-state index in [4.69, 9.17) is 27.4 Å². The van der Waals surface area contributed by atoms with Gasteiger partial charge in [0, 0.05) is 59.8 Å². The van der Waals surface area contributed by atoms with Gasteiger partial charge in [-0.1, -0.05) is 12.1 Å². The Morgan fingerprint density at radius 3 is 3.17 bits per heavy atom. The molecule has 1 amide bonds. The predicted molar refractivity (Wildman–Crippen MR) is 90.7 cm³/mol. The van der Waals surface area contributed by atoms with Crippen molar-refractivity contribution in [2.45, 2.75) is 56.7 Å². The summed E-state index contributed by atoms with van der Waals surface area (Å²) < 4.78 is 200. The summed E-state index contributed by atoms with van der Waals surface area (Å²) in [6.45, 7) is -11.9. The molecule has 0 radical (unpaired) electrons. The quantitative estimate of drug-likeness (QED) is 0.788. The van der Waals surface area contributed by atoms with Crippen LogP contribution in [0.2, 0.25) is 0 Å². The third kappa shape index (κ3) is 2.02. The molecule has 0 N–H and O–H groups in total. The molecule has 6 rings (SSSR count). The molecule has 2 bridgehead atoms. The Kier molecular flexibility index (Phi) is 0.860. The summed E-state index contributed by atoms with van der Waals surface area (Å²) >= 11 is 0. The second kappa shape index (κ2) is 5.07. The summed E-state index contributed by atoms with van der Waals surface area (Å²) in [4.78, 5) is 13.3. The molecule has 3 fully saturated rings. The van der Waals surface area contributed by atoms with Gasteiger partial charge >= 0.3 is 0 Å². The van der Waals surface area contributed by atoms with Crippen LogP contribution in [0.5, 0.6) is 0 Å². The average Bonchev–Trinajstić information content (AvgIpc) is 2.85. The van der Waals surface area contributed by atoms with Gasteiger partial charge in [0.2, 0.25) is 0 Å². The topological polar surface area (TPSA) is 23.6 Å². The zero-order valence-electron chi connectivity index (χ0n) is 34.8. The van der Waals surface area contributed by atoms with Gasteiger partial charge in [-0.2, -0.15) is 0 Å². The minimum absolute atomic E-state index is 0.435. The van der Waals surface area contributed by atoms with Crippen LogP contribution in [0.4, 0.5) is 0 Å². The van der Waals surface area contributed by atoms with Crippen LogP contribution < -0.4 is 0 Å². The van der Waals surface area contributed by atoms with E-state index in [1.165, 1.54) is 0 Å². The molecule has 122 valence electrons. The molecule has 23 heavy (non-hydrogen) atoms. The molecule has 0 spiro atoms. The Morgan fingerprint density at radius 2 is 2.26 bits per heavy atom. The van der Waals surface area contributed by atoms with Crippen LogP contribution in [0, 0.1) is 5.89 Å². The highest BCUT2D eigenvalue weighted by atomic mass is 16.2. The summed E-state index contributed by atoms with van der Waals surface area (Å²) in [5, 5.41) is 0. The van der Waals surface area contributed by atoms with Crippen molar-refractivity contribution < 1.29 is 36.3 Å². The lowest BCUT2D eigenvalue weighted by atomic mass is 9.74.